The lowest BCUT2D eigenvalue weighted by atomic mass is 10.1. The largest absolute Gasteiger partial charge is 0.497 e. The number of benzene rings is 2. The number of methoxy groups -OCH3 is 2. The number of carbonyl (C=O) groups excluding carboxylic acids is 1. The SMILES string of the molecule is COc1ccc(S(=O)(=O)N2C=C3CN=C(NC(=O)c4cccc(OC)c4)N=C3CC2)cc1. The number of guanidine groups is 1. The maximum atomic E-state index is 13.0. The first-order valence-electron chi connectivity index (χ1n) is 9.85. The first-order chi connectivity index (χ1) is 15.4. The van der Waals surface area contributed by atoms with Crippen LogP contribution < -0.4 is 14.8 Å². The average Bonchev–Trinajstić information content (AvgIpc) is 2.83. The molecule has 0 fully saturated rings. The van der Waals surface area contributed by atoms with Crippen molar-refractivity contribution in [1.82, 2.24) is 9.62 Å². The van der Waals surface area contributed by atoms with Gasteiger partial charge < -0.3 is 9.47 Å². The van der Waals surface area contributed by atoms with Crippen LogP contribution in [0.1, 0.15) is 16.8 Å². The van der Waals surface area contributed by atoms with Gasteiger partial charge in [0.25, 0.3) is 15.9 Å². The van der Waals surface area contributed by atoms with Crippen LogP contribution in [-0.4, -0.2) is 57.6 Å². The molecule has 2 heterocycles. The molecule has 10 heteroatoms. The highest BCUT2D eigenvalue weighted by Gasteiger charge is 2.28. The Hall–Kier alpha value is -3.66. The molecule has 0 bridgehead atoms. The highest BCUT2D eigenvalue weighted by Crippen LogP contribution is 2.25. The first kappa shape index (κ1) is 21.6. The van der Waals surface area contributed by atoms with E-state index >= 15 is 0 Å². The number of ether oxygens (including phenoxy) is 2. The number of aliphatic imine (C=N–C) groups is 2. The summed E-state index contributed by atoms with van der Waals surface area (Å²) in [7, 11) is -0.641. The smallest absolute Gasteiger partial charge is 0.263 e. The molecule has 0 radical (unpaired) electrons. The summed E-state index contributed by atoms with van der Waals surface area (Å²) in [5, 5.41) is 2.69. The van der Waals surface area contributed by atoms with E-state index in [2.05, 4.69) is 15.3 Å². The minimum Gasteiger partial charge on any atom is -0.497 e. The molecule has 9 nitrogen and oxygen atoms in total. The number of rotatable bonds is 5. The summed E-state index contributed by atoms with van der Waals surface area (Å²) in [5.41, 5.74) is 1.84. The molecule has 0 unspecified atom stereocenters. The van der Waals surface area contributed by atoms with Crippen molar-refractivity contribution in [2.45, 2.75) is 11.3 Å². The van der Waals surface area contributed by atoms with Crippen LogP contribution in [0.15, 0.2) is 75.2 Å². The molecule has 2 aliphatic heterocycles. The summed E-state index contributed by atoms with van der Waals surface area (Å²) in [5.74, 6) is 1.01. The lowest BCUT2D eigenvalue weighted by Gasteiger charge is -2.28. The number of amides is 1. The number of sulfonamides is 1. The third kappa shape index (κ3) is 4.35. The second-order valence-electron chi connectivity index (χ2n) is 7.08. The van der Waals surface area contributed by atoms with Crippen LogP contribution in [0.4, 0.5) is 0 Å². The monoisotopic (exact) mass is 454 g/mol. The van der Waals surface area contributed by atoms with Crippen LogP contribution in [0.25, 0.3) is 0 Å². The Morgan fingerprint density at radius 1 is 1.06 bits per heavy atom. The Kier molecular flexibility index (Phi) is 5.95. The summed E-state index contributed by atoms with van der Waals surface area (Å²) in [6.45, 7) is 0.467. The molecule has 0 aliphatic carbocycles. The van der Waals surface area contributed by atoms with Crippen LogP contribution >= 0.6 is 0 Å². The van der Waals surface area contributed by atoms with E-state index in [1.165, 1.54) is 30.7 Å². The van der Waals surface area contributed by atoms with Crippen molar-refractivity contribution in [3.8, 4) is 11.5 Å². The Bertz CT molecular complexity index is 1230. The van der Waals surface area contributed by atoms with Crippen molar-refractivity contribution in [3.63, 3.8) is 0 Å². The van der Waals surface area contributed by atoms with E-state index in [0.717, 1.165) is 0 Å². The molecule has 2 aliphatic rings. The van der Waals surface area contributed by atoms with Crippen molar-refractivity contribution in [2.75, 3.05) is 27.3 Å². The Morgan fingerprint density at radius 2 is 1.81 bits per heavy atom. The Balaban J connectivity index is 1.48. The molecular formula is C22H22N4O5S. The average molecular weight is 455 g/mol. The molecule has 1 amide bonds. The molecule has 0 atom stereocenters. The number of hydrogen-bond acceptors (Lipinski definition) is 7. The fraction of sp³-hybridized carbons (Fsp3) is 0.227. The van der Waals surface area contributed by atoms with Gasteiger partial charge in [-0.1, -0.05) is 6.07 Å². The lowest BCUT2D eigenvalue weighted by Crippen LogP contribution is -2.37. The standard InChI is InChI=1S/C22H22N4O5S/c1-30-17-6-8-19(9-7-17)32(28,29)26-11-10-20-16(14-26)13-23-22(24-20)25-21(27)15-4-3-5-18(12-15)31-2/h3-9,12,14H,10-11,13H2,1-2H3,(H,23,25,27). The van der Waals surface area contributed by atoms with Gasteiger partial charge in [-0.05, 0) is 42.5 Å². The molecule has 0 saturated carbocycles. The van der Waals surface area contributed by atoms with Crippen LogP contribution in [0.2, 0.25) is 0 Å². The fourth-order valence-corrected chi connectivity index (χ4v) is 4.70. The van der Waals surface area contributed by atoms with Crippen molar-refractivity contribution in [3.05, 3.63) is 65.9 Å². The van der Waals surface area contributed by atoms with Gasteiger partial charge in [0.1, 0.15) is 11.5 Å². The van der Waals surface area contributed by atoms with E-state index < -0.39 is 10.0 Å². The number of carbonyl (C=O) groups is 1. The van der Waals surface area contributed by atoms with Gasteiger partial charge in [0.15, 0.2) is 0 Å². The third-order valence-electron chi connectivity index (χ3n) is 5.10. The normalized spacial score (nSPS) is 15.7. The zero-order chi connectivity index (χ0) is 22.7. The highest BCUT2D eigenvalue weighted by molar-refractivity contribution is 7.89. The summed E-state index contributed by atoms with van der Waals surface area (Å²) >= 11 is 0. The van der Waals surface area contributed by atoms with Gasteiger partial charge in [0.2, 0.25) is 5.96 Å². The fourth-order valence-electron chi connectivity index (χ4n) is 3.35. The maximum absolute atomic E-state index is 13.0. The van der Waals surface area contributed by atoms with Crippen molar-refractivity contribution < 1.29 is 22.7 Å². The number of nitrogens with zero attached hydrogens (tertiary/aromatic N) is 3. The zero-order valence-electron chi connectivity index (χ0n) is 17.6. The predicted molar refractivity (Wildman–Crippen MR) is 120 cm³/mol. The van der Waals surface area contributed by atoms with Gasteiger partial charge in [-0.2, -0.15) is 0 Å². The summed E-state index contributed by atoms with van der Waals surface area (Å²) < 4.78 is 37.5. The minimum absolute atomic E-state index is 0.182. The summed E-state index contributed by atoms with van der Waals surface area (Å²) in [4.78, 5) is 21.4. The first-order valence-corrected chi connectivity index (χ1v) is 11.3. The molecule has 0 aromatic heterocycles. The van der Waals surface area contributed by atoms with Gasteiger partial charge in [0, 0.05) is 30.3 Å². The van der Waals surface area contributed by atoms with Crippen molar-refractivity contribution in [2.24, 2.45) is 9.98 Å². The minimum atomic E-state index is -3.70. The molecule has 32 heavy (non-hydrogen) atoms. The lowest BCUT2D eigenvalue weighted by molar-refractivity contribution is 0.0976. The second-order valence-corrected chi connectivity index (χ2v) is 8.97. The van der Waals surface area contributed by atoms with Crippen molar-refractivity contribution in [1.29, 1.82) is 0 Å². The third-order valence-corrected chi connectivity index (χ3v) is 6.88. The van der Waals surface area contributed by atoms with Gasteiger partial charge in [-0.25, -0.2) is 18.4 Å². The molecule has 0 spiro atoms. The van der Waals surface area contributed by atoms with E-state index in [1.807, 2.05) is 0 Å². The summed E-state index contributed by atoms with van der Waals surface area (Å²) in [6, 6.07) is 13.0. The van der Waals surface area contributed by atoms with E-state index in [-0.39, 0.29) is 29.9 Å². The second kappa shape index (κ2) is 8.83. The number of nitrogens with one attached hydrogen (secondary N) is 1. The molecular weight excluding hydrogens is 432 g/mol. The molecule has 0 saturated heterocycles. The van der Waals surface area contributed by atoms with Gasteiger partial charge in [0.05, 0.1) is 31.4 Å². The topological polar surface area (TPSA) is 110 Å². The van der Waals surface area contributed by atoms with Crippen molar-refractivity contribution >= 4 is 27.6 Å². The van der Waals surface area contributed by atoms with Gasteiger partial charge in [-0.3, -0.25) is 14.4 Å². The quantitative estimate of drug-likeness (QED) is 0.745. The number of hydrogen-bond donors (Lipinski definition) is 1. The molecule has 1 N–H and O–H groups in total. The van der Waals surface area contributed by atoms with Gasteiger partial charge >= 0.3 is 0 Å². The van der Waals surface area contributed by atoms with Crippen LogP contribution in [0.5, 0.6) is 11.5 Å². The van der Waals surface area contributed by atoms with Crippen LogP contribution in [-0.2, 0) is 10.0 Å². The van der Waals surface area contributed by atoms with E-state index in [4.69, 9.17) is 9.47 Å². The Labute approximate surface area is 186 Å². The summed E-state index contributed by atoms with van der Waals surface area (Å²) in [6.07, 6.45) is 1.97. The van der Waals surface area contributed by atoms with Gasteiger partial charge in [-0.15, -0.1) is 0 Å². The highest BCUT2D eigenvalue weighted by atomic mass is 32.2. The molecule has 4 rings (SSSR count). The van der Waals surface area contributed by atoms with E-state index in [1.54, 1.807) is 42.6 Å². The van der Waals surface area contributed by atoms with Crippen LogP contribution in [0, 0.1) is 0 Å². The molecule has 166 valence electrons. The predicted octanol–water partition coefficient (Wildman–Crippen LogP) is 2.22. The van der Waals surface area contributed by atoms with Crippen LogP contribution in [0.3, 0.4) is 0 Å². The van der Waals surface area contributed by atoms with E-state index in [0.29, 0.717) is 34.8 Å². The van der Waals surface area contributed by atoms with E-state index in [9.17, 15) is 13.2 Å². The molecule has 2 aromatic carbocycles. The Morgan fingerprint density at radius 3 is 2.53 bits per heavy atom. The maximum Gasteiger partial charge on any atom is 0.263 e. The zero-order valence-corrected chi connectivity index (χ0v) is 18.4. The molecule has 2 aromatic rings. The number of fused-ring (bicyclic) bond motifs is 1.